The lowest BCUT2D eigenvalue weighted by atomic mass is 9.96. The number of hydrogen-bond acceptors (Lipinski definition) is 4. The molecule has 0 saturated carbocycles. The van der Waals surface area contributed by atoms with Gasteiger partial charge < -0.3 is 14.2 Å². The van der Waals surface area contributed by atoms with Crippen molar-refractivity contribution in [3.63, 3.8) is 0 Å². The molecule has 0 N–H and O–H groups in total. The van der Waals surface area contributed by atoms with Crippen LogP contribution in [0.3, 0.4) is 0 Å². The molecule has 7 heteroatoms. The highest BCUT2D eigenvalue weighted by molar-refractivity contribution is 5.79. The number of aryl methyl sites for hydroxylation is 1. The molecule has 0 spiro atoms. The van der Waals surface area contributed by atoms with Gasteiger partial charge in [0, 0.05) is 49.4 Å². The zero-order valence-electron chi connectivity index (χ0n) is 20.5. The van der Waals surface area contributed by atoms with E-state index in [0.717, 1.165) is 52.3 Å². The Morgan fingerprint density at radius 1 is 1.03 bits per heavy atom. The lowest BCUT2D eigenvalue weighted by molar-refractivity contribution is 0.0865. The maximum absolute atomic E-state index is 14.0. The second-order valence-electron chi connectivity index (χ2n) is 9.26. The number of benzene rings is 2. The molecule has 0 bridgehead atoms. The quantitative estimate of drug-likeness (QED) is 0.321. The number of carbonyl (C=O) groups excluding carboxylic acids is 1. The number of hydrogen-bond donors (Lipinski definition) is 0. The Balaban J connectivity index is 1.36. The Morgan fingerprint density at radius 2 is 1.81 bits per heavy atom. The molecule has 1 saturated heterocycles. The topological polar surface area (TPSA) is 60.3 Å². The van der Waals surface area contributed by atoms with Gasteiger partial charge in [0.2, 0.25) is 5.95 Å². The van der Waals surface area contributed by atoms with Crippen LogP contribution in [0.5, 0.6) is 0 Å². The van der Waals surface area contributed by atoms with Gasteiger partial charge in [-0.25, -0.2) is 14.8 Å². The predicted molar refractivity (Wildman–Crippen MR) is 137 cm³/mol. The van der Waals surface area contributed by atoms with Crippen LogP contribution < -0.4 is 0 Å². The average molecular weight is 485 g/mol. The number of halogens is 1. The third kappa shape index (κ3) is 5.00. The summed E-state index contributed by atoms with van der Waals surface area (Å²) in [7, 11) is 1.98. The van der Waals surface area contributed by atoms with Crippen molar-refractivity contribution in [2.45, 2.75) is 32.3 Å². The molecule has 184 valence electrons. The van der Waals surface area contributed by atoms with Gasteiger partial charge in [0.25, 0.3) is 0 Å². The van der Waals surface area contributed by atoms with E-state index in [2.05, 4.69) is 15.6 Å². The van der Waals surface area contributed by atoms with Gasteiger partial charge in [-0.2, -0.15) is 4.39 Å². The first-order valence-electron chi connectivity index (χ1n) is 12.2. The number of nitrogens with zero attached hydrogens (tertiary/aromatic N) is 4. The summed E-state index contributed by atoms with van der Waals surface area (Å²) in [6.07, 6.45) is 2.76. The SMILES string of the molecule is Cc1cccc(-c2nc(C3CCN(C(=O)OCc4ccccc4)CC3)n(C)c2-c2ccnc(F)c2)c1. The van der Waals surface area contributed by atoms with Crippen molar-refractivity contribution in [2.24, 2.45) is 7.05 Å². The van der Waals surface area contributed by atoms with E-state index in [1.165, 1.54) is 12.3 Å². The molecule has 1 amide bonds. The van der Waals surface area contributed by atoms with Crippen LogP contribution in [-0.4, -0.2) is 38.6 Å². The van der Waals surface area contributed by atoms with E-state index in [1.807, 2.05) is 68.6 Å². The summed E-state index contributed by atoms with van der Waals surface area (Å²) in [6.45, 7) is 3.52. The van der Waals surface area contributed by atoms with Crippen LogP contribution in [0.1, 0.15) is 35.7 Å². The van der Waals surface area contributed by atoms with Crippen molar-refractivity contribution < 1.29 is 13.9 Å². The van der Waals surface area contributed by atoms with Gasteiger partial charge in [0.05, 0.1) is 11.4 Å². The van der Waals surface area contributed by atoms with Gasteiger partial charge >= 0.3 is 6.09 Å². The van der Waals surface area contributed by atoms with E-state index in [9.17, 15) is 9.18 Å². The van der Waals surface area contributed by atoms with E-state index in [4.69, 9.17) is 9.72 Å². The van der Waals surface area contributed by atoms with Crippen LogP contribution in [0.2, 0.25) is 0 Å². The third-order valence-corrected chi connectivity index (χ3v) is 6.74. The van der Waals surface area contributed by atoms with Crippen molar-refractivity contribution in [1.82, 2.24) is 19.4 Å². The van der Waals surface area contributed by atoms with Crippen LogP contribution in [0.4, 0.5) is 9.18 Å². The van der Waals surface area contributed by atoms with Gasteiger partial charge in [0.1, 0.15) is 12.4 Å². The molecule has 0 atom stereocenters. The van der Waals surface area contributed by atoms with Gasteiger partial charge in [-0.05, 0) is 37.5 Å². The number of carbonyl (C=O) groups is 1. The van der Waals surface area contributed by atoms with E-state index in [0.29, 0.717) is 13.1 Å². The number of likely N-dealkylation sites (tertiary alicyclic amines) is 1. The smallest absolute Gasteiger partial charge is 0.410 e. The van der Waals surface area contributed by atoms with Crippen molar-refractivity contribution in [1.29, 1.82) is 0 Å². The standard InChI is InChI=1S/C29H29FN4O2/c1-20-7-6-10-23(17-20)26-27(24-11-14-31-25(30)18-24)33(2)28(32-26)22-12-15-34(16-13-22)29(35)36-19-21-8-4-3-5-9-21/h3-11,14,17-18,22H,12-13,15-16,19H2,1-2H3. The summed E-state index contributed by atoms with van der Waals surface area (Å²) >= 11 is 0. The second-order valence-corrected chi connectivity index (χ2v) is 9.26. The minimum Gasteiger partial charge on any atom is -0.445 e. The molecule has 2 aromatic heterocycles. The number of rotatable bonds is 5. The molecule has 0 aliphatic carbocycles. The van der Waals surface area contributed by atoms with E-state index < -0.39 is 5.95 Å². The molecule has 2 aromatic carbocycles. The number of amides is 1. The molecule has 1 aliphatic heterocycles. The number of piperidine rings is 1. The maximum Gasteiger partial charge on any atom is 0.410 e. The molecule has 0 radical (unpaired) electrons. The molecule has 1 aliphatic rings. The maximum atomic E-state index is 14.0. The first-order valence-corrected chi connectivity index (χ1v) is 12.2. The normalized spacial score (nSPS) is 14.1. The molecule has 5 rings (SSSR count). The largest absolute Gasteiger partial charge is 0.445 e. The van der Waals surface area contributed by atoms with Gasteiger partial charge in [-0.15, -0.1) is 0 Å². The Kier molecular flexibility index (Phi) is 6.80. The van der Waals surface area contributed by atoms with Crippen LogP contribution >= 0.6 is 0 Å². The highest BCUT2D eigenvalue weighted by Crippen LogP contribution is 2.37. The van der Waals surface area contributed by atoms with Crippen LogP contribution in [-0.2, 0) is 18.4 Å². The zero-order valence-corrected chi connectivity index (χ0v) is 20.5. The molecule has 3 heterocycles. The highest BCUT2D eigenvalue weighted by atomic mass is 19.1. The van der Waals surface area contributed by atoms with Gasteiger partial charge in [-0.1, -0.05) is 54.1 Å². The lowest BCUT2D eigenvalue weighted by Gasteiger charge is -2.31. The molecular weight excluding hydrogens is 455 g/mol. The summed E-state index contributed by atoms with van der Waals surface area (Å²) in [6, 6.07) is 21.1. The van der Waals surface area contributed by atoms with E-state index >= 15 is 0 Å². The Labute approximate surface area is 210 Å². The third-order valence-electron chi connectivity index (χ3n) is 6.74. The first kappa shape index (κ1) is 23.7. The van der Waals surface area contributed by atoms with Gasteiger partial charge in [-0.3, -0.25) is 0 Å². The van der Waals surface area contributed by atoms with Gasteiger partial charge in [0.15, 0.2) is 0 Å². The fraction of sp³-hybridized carbons (Fsp3) is 0.276. The van der Waals surface area contributed by atoms with Crippen molar-refractivity contribution in [2.75, 3.05) is 13.1 Å². The van der Waals surface area contributed by atoms with Crippen LogP contribution in [0.25, 0.3) is 22.5 Å². The first-order chi connectivity index (χ1) is 17.5. The number of imidazole rings is 1. The number of pyridine rings is 1. The van der Waals surface area contributed by atoms with Crippen LogP contribution in [0, 0.1) is 12.9 Å². The summed E-state index contributed by atoms with van der Waals surface area (Å²) in [5, 5.41) is 0. The lowest BCUT2D eigenvalue weighted by Crippen LogP contribution is -2.38. The Hall–Kier alpha value is -4.00. The minimum atomic E-state index is -0.521. The average Bonchev–Trinajstić information content (AvgIpc) is 3.25. The molecule has 4 aromatic rings. The fourth-order valence-electron chi connectivity index (χ4n) is 4.89. The summed E-state index contributed by atoms with van der Waals surface area (Å²) in [4.78, 5) is 23.2. The van der Waals surface area contributed by atoms with Crippen molar-refractivity contribution in [3.8, 4) is 22.5 Å². The molecule has 1 fully saturated rings. The second kappa shape index (κ2) is 10.3. The monoisotopic (exact) mass is 484 g/mol. The van der Waals surface area contributed by atoms with Crippen molar-refractivity contribution >= 4 is 6.09 Å². The molecule has 0 unspecified atom stereocenters. The number of ether oxygens (including phenoxy) is 1. The van der Waals surface area contributed by atoms with Crippen molar-refractivity contribution in [3.05, 3.63) is 95.8 Å². The number of aromatic nitrogens is 3. The van der Waals surface area contributed by atoms with E-state index in [-0.39, 0.29) is 18.6 Å². The molecule has 6 nitrogen and oxygen atoms in total. The van der Waals surface area contributed by atoms with E-state index in [1.54, 1.807) is 4.90 Å². The fourth-order valence-corrected chi connectivity index (χ4v) is 4.89. The summed E-state index contributed by atoms with van der Waals surface area (Å²) < 4.78 is 21.6. The predicted octanol–water partition coefficient (Wildman–Crippen LogP) is 6.11. The molecule has 36 heavy (non-hydrogen) atoms. The molecular formula is C29H29FN4O2. The minimum absolute atomic E-state index is 0.178. The zero-order chi connectivity index (χ0) is 25.1. The Morgan fingerprint density at radius 3 is 2.53 bits per heavy atom. The summed E-state index contributed by atoms with van der Waals surface area (Å²) in [5.41, 5.74) is 5.52. The highest BCUT2D eigenvalue weighted by Gasteiger charge is 2.29. The Bertz CT molecular complexity index is 1360. The van der Waals surface area contributed by atoms with Crippen LogP contribution in [0.15, 0.2) is 72.9 Å². The summed E-state index contributed by atoms with van der Waals surface area (Å²) in [5.74, 6) is 0.598.